The van der Waals surface area contributed by atoms with Crippen molar-refractivity contribution in [2.75, 3.05) is 13.7 Å². The zero-order chi connectivity index (χ0) is 16.2. The van der Waals surface area contributed by atoms with E-state index in [2.05, 4.69) is 0 Å². The van der Waals surface area contributed by atoms with Gasteiger partial charge in [0, 0.05) is 23.7 Å². The summed E-state index contributed by atoms with van der Waals surface area (Å²) < 4.78 is 43.1. The van der Waals surface area contributed by atoms with Crippen LogP contribution in [0, 0.1) is 0 Å². The first-order chi connectivity index (χ1) is 9.64. The van der Waals surface area contributed by atoms with Gasteiger partial charge in [-0.3, -0.25) is 4.90 Å². The Labute approximate surface area is 127 Å². The van der Waals surface area contributed by atoms with Crippen LogP contribution in [0.1, 0.15) is 25.0 Å². The molecule has 0 radical (unpaired) electrons. The molecule has 0 fully saturated rings. The molecule has 0 saturated carbocycles. The molecule has 1 rings (SSSR count). The van der Waals surface area contributed by atoms with Gasteiger partial charge in [-0.2, -0.15) is 13.2 Å². The quantitative estimate of drug-likeness (QED) is 0.818. The first-order valence-corrected chi connectivity index (χ1v) is 6.82. The summed E-state index contributed by atoms with van der Waals surface area (Å²) in [5.74, 6) is 0.517. The zero-order valence-electron chi connectivity index (χ0n) is 12.2. The number of nitrogens with two attached hydrogens (primary N) is 1. The predicted molar refractivity (Wildman–Crippen MR) is 80.5 cm³/mol. The monoisotopic (exact) mass is 320 g/mol. The molecular weight excluding hydrogens is 301 g/mol. The molecule has 0 unspecified atom stereocenters. The molecule has 1 aromatic rings. The highest BCUT2D eigenvalue weighted by Crippen LogP contribution is 2.25. The molecule has 0 heterocycles. The Morgan fingerprint density at radius 1 is 1.38 bits per heavy atom. The average molecular weight is 320 g/mol. The van der Waals surface area contributed by atoms with Crippen LogP contribution in [0.25, 0.3) is 0 Å². The Morgan fingerprint density at radius 2 is 2.00 bits per heavy atom. The average Bonchev–Trinajstić information content (AvgIpc) is 2.36. The first-order valence-electron chi connectivity index (χ1n) is 6.41. The summed E-state index contributed by atoms with van der Waals surface area (Å²) in [6, 6.07) is 4.77. The van der Waals surface area contributed by atoms with Crippen LogP contribution in [-0.4, -0.2) is 35.8 Å². The van der Waals surface area contributed by atoms with Crippen molar-refractivity contribution in [1.82, 2.24) is 4.90 Å². The summed E-state index contributed by atoms with van der Waals surface area (Å²) in [5, 5.41) is 0. The van der Waals surface area contributed by atoms with Crippen molar-refractivity contribution in [2.24, 2.45) is 5.73 Å². The summed E-state index contributed by atoms with van der Waals surface area (Å²) >= 11 is 4.90. The summed E-state index contributed by atoms with van der Waals surface area (Å²) in [5.41, 5.74) is 6.80. The van der Waals surface area contributed by atoms with Crippen molar-refractivity contribution >= 4 is 17.2 Å². The molecular formula is C14H19F3N2OS. The predicted octanol–water partition coefficient (Wildman–Crippen LogP) is 3.10. The minimum atomic E-state index is -4.25. The van der Waals surface area contributed by atoms with E-state index < -0.39 is 12.7 Å². The topological polar surface area (TPSA) is 38.5 Å². The lowest BCUT2D eigenvalue weighted by Crippen LogP contribution is -2.38. The highest BCUT2D eigenvalue weighted by atomic mass is 32.1. The van der Waals surface area contributed by atoms with E-state index in [0.717, 1.165) is 0 Å². The van der Waals surface area contributed by atoms with E-state index in [4.69, 9.17) is 22.7 Å². The van der Waals surface area contributed by atoms with Gasteiger partial charge in [0.05, 0.1) is 13.7 Å². The van der Waals surface area contributed by atoms with E-state index in [9.17, 15) is 13.2 Å². The number of methoxy groups -OCH3 is 1. The zero-order valence-corrected chi connectivity index (χ0v) is 13.0. The number of hydrogen-bond donors (Lipinski definition) is 1. The second-order valence-corrected chi connectivity index (χ2v) is 5.44. The van der Waals surface area contributed by atoms with E-state index in [1.165, 1.54) is 12.0 Å². The summed E-state index contributed by atoms with van der Waals surface area (Å²) in [4.78, 5) is 1.52. The van der Waals surface area contributed by atoms with E-state index in [0.29, 0.717) is 16.9 Å². The van der Waals surface area contributed by atoms with Gasteiger partial charge >= 0.3 is 6.18 Å². The fourth-order valence-electron chi connectivity index (χ4n) is 1.93. The Kier molecular flexibility index (Phi) is 5.98. The molecule has 1 aromatic carbocycles. The van der Waals surface area contributed by atoms with Crippen LogP contribution >= 0.6 is 12.2 Å². The molecule has 118 valence electrons. The van der Waals surface area contributed by atoms with Crippen LogP contribution in [0.15, 0.2) is 18.2 Å². The fraction of sp³-hybridized carbons (Fsp3) is 0.500. The maximum Gasteiger partial charge on any atom is 0.401 e. The Bertz CT molecular complexity index is 503. The van der Waals surface area contributed by atoms with Crippen LogP contribution < -0.4 is 10.5 Å². The SMILES string of the molecule is COc1ccc(C(N)=S)cc1CN(CC(F)(F)F)C(C)C. The summed E-state index contributed by atoms with van der Waals surface area (Å²) in [7, 11) is 1.47. The molecule has 0 spiro atoms. The molecule has 21 heavy (non-hydrogen) atoms. The lowest BCUT2D eigenvalue weighted by molar-refractivity contribution is -0.150. The largest absolute Gasteiger partial charge is 0.496 e. The number of benzene rings is 1. The highest BCUT2D eigenvalue weighted by Gasteiger charge is 2.32. The van der Waals surface area contributed by atoms with Crippen molar-refractivity contribution in [3.63, 3.8) is 0 Å². The molecule has 0 aliphatic carbocycles. The standard InChI is InChI=1S/C14H19F3N2OS/c1-9(2)19(8-14(15,16)17)7-11-6-10(13(18)21)4-5-12(11)20-3/h4-6,9H,7-8H2,1-3H3,(H2,18,21). The van der Waals surface area contributed by atoms with Gasteiger partial charge in [0.1, 0.15) is 10.7 Å². The van der Waals surface area contributed by atoms with E-state index in [1.54, 1.807) is 32.0 Å². The number of halogens is 3. The molecule has 0 atom stereocenters. The first kappa shape index (κ1) is 17.7. The number of nitrogens with zero attached hydrogens (tertiary/aromatic N) is 1. The van der Waals surface area contributed by atoms with Gasteiger partial charge in [-0.15, -0.1) is 0 Å². The molecule has 0 amide bonds. The van der Waals surface area contributed by atoms with Gasteiger partial charge in [0.2, 0.25) is 0 Å². The minimum Gasteiger partial charge on any atom is -0.496 e. The molecule has 0 aliphatic rings. The maximum atomic E-state index is 12.6. The van der Waals surface area contributed by atoms with Crippen molar-refractivity contribution < 1.29 is 17.9 Å². The van der Waals surface area contributed by atoms with Crippen LogP contribution in [0.4, 0.5) is 13.2 Å². The molecule has 3 nitrogen and oxygen atoms in total. The summed E-state index contributed by atoms with van der Waals surface area (Å²) in [6.45, 7) is 2.56. The van der Waals surface area contributed by atoms with E-state index in [1.807, 2.05) is 0 Å². The van der Waals surface area contributed by atoms with E-state index in [-0.39, 0.29) is 17.6 Å². The minimum absolute atomic E-state index is 0.108. The van der Waals surface area contributed by atoms with Gasteiger partial charge in [0.15, 0.2) is 0 Å². The normalized spacial score (nSPS) is 12.0. The van der Waals surface area contributed by atoms with Crippen LogP contribution in [-0.2, 0) is 6.54 Å². The second-order valence-electron chi connectivity index (χ2n) is 5.00. The molecule has 0 aliphatic heterocycles. The van der Waals surface area contributed by atoms with Crippen LogP contribution in [0.2, 0.25) is 0 Å². The summed E-state index contributed by atoms with van der Waals surface area (Å²) in [6.07, 6.45) is -4.25. The van der Waals surface area contributed by atoms with Crippen LogP contribution in [0.5, 0.6) is 5.75 Å². The number of rotatable bonds is 6. The van der Waals surface area contributed by atoms with Crippen molar-refractivity contribution in [1.29, 1.82) is 0 Å². The number of alkyl halides is 3. The van der Waals surface area contributed by atoms with Crippen molar-refractivity contribution in [2.45, 2.75) is 32.6 Å². The lowest BCUT2D eigenvalue weighted by atomic mass is 10.1. The number of hydrogen-bond acceptors (Lipinski definition) is 3. The Balaban J connectivity index is 3.06. The third kappa shape index (κ3) is 5.51. The molecule has 2 N–H and O–H groups in total. The third-order valence-electron chi connectivity index (χ3n) is 3.05. The Hall–Kier alpha value is -1.34. The van der Waals surface area contributed by atoms with Gasteiger partial charge < -0.3 is 10.5 Å². The smallest absolute Gasteiger partial charge is 0.401 e. The van der Waals surface area contributed by atoms with Crippen LogP contribution in [0.3, 0.4) is 0 Å². The second kappa shape index (κ2) is 7.09. The molecule has 0 bridgehead atoms. The van der Waals surface area contributed by atoms with Crippen molar-refractivity contribution in [3.05, 3.63) is 29.3 Å². The van der Waals surface area contributed by atoms with Gasteiger partial charge in [-0.25, -0.2) is 0 Å². The van der Waals surface area contributed by atoms with Gasteiger partial charge in [-0.05, 0) is 32.0 Å². The molecule has 0 aromatic heterocycles. The fourth-order valence-corrected chi connectivity index (χ4v) is 2.05. The van der Waals surface area contributed by atoms with E-state index >= 15 is 0 Å². The highest BCUT2D eigenvalue weighted by molar-refractivity contribution is 7.80. The number of thiocarbonyl (C=S) groups is 1. The third-order valence-corrected chi connectivity index (χ3v) is 3.29. The Morgan fingerprint density at radius 3 is 2.43 bits per heavy atom. The molecule has 0 saturated heterocycles. The van der Waals surface area contributed by atoms with Gasteiger partial charge in [-0.1, -0.05) is 12.2 Å². The molecule has 7 heteroatoms. The number of ether oxygens (including phenoxy) is 1. The van der Waals surface area contributed by atoms with Gasteiger partial charge in [0.25, 0.3) is 0 Å². The lowest BCUT2D eigenvalue weighted by Gasteiger charge is -2.28. The van der Waals surface area contributed by atoms with Crippen molar-refractivity contribution in [3.8, 4) is 5.75 Å². The maximum absolute atomic E-state index is 12.6.